The Morgan fingerprint density at radius 3 is 2.50 bits per heavy atom. The Morgan fingerprint density at radius 2 is 1.64 bits per heavy atom. The zero-order valence-corrected chi connectivity index (χ0v) is 15.9. The Bertz CT molecular complexity index is 1200. The van der Waals surface area contributed by atoms with Crippen LogP contribution >= 0.6 is 0 Å². The smallest absolute Gasteiger partial charge is 0.119 e. The van der Waals surface area contributed by atoms with Gasteiger partial charge in [-0.15, -0.1) is 0 Å². The molecule has 0 radical (unpaired) electrons. The highest BCUT2D eigenvalue weighted by Crippen LogP contribution is 2.44. The monoisotopic (exact) mass is 362 g/mol. The molecule has 0 aliphatic carbocycles. The lowest BCUT2D eigenvalue weighted by molar-refractivity contribution is 1.12. The van der Waals surface area contributed by atoms with Crippen molar-refractivity contribution in [1.29, 1.82) is 0 Å². The van der Waals surface area contributed by atoms with Gasteiger partial charge in [0, 0.05) is 22.2 Å². The number of hydrogen-bond donors (Lipinski definition) is 1. The van der Waals surface area contributed by atoms with Crippen LogP contribution in [0.1, 0.15) is 12.5 Å². The minimum Gasteiger partial charge on any atom is -0.341 e. The molecule has 0 unspecified atom stereocenters. The SMILES string of the molecule is C/C=C\C=C1/CN(c2cccc(-c3ccccc3)c2)c2[nH]c3ccccc3c21. The van der Waals surface area contributed by atoms with Crippen molar-refractivity contribution in [2.45, 2.75) is 6.92 Å². The summed E-state index contributed by atoms with van der Waals surface area (Å²) in [6, 6.07) is 27.9. The fourth-order valence-electron chi connectivity index (χ4n) is 4.04. The largest absolute Gasteiger partial charge is 0.341 e. The fraction of sp³-hybridized carbons (Fsp3) is 0.0769. The van der Waals surface area contributed by atoms with E-state index in [0.717, 1.165) is 6.54 Å². The summed E-state index contributed by atoms with van der Waals surface area (Å²) < 4.78 is 0. The van der Waals surface area contributed by atoms with Gasteiger partial charge in [0.15, 0.2) is 0 Å². The third-order valence-electron chi connectivity index (χ3n) is 5.36. The van der Waals surface area contributed by atoms with Crippen LogP contribution in [0.25, 0.3) is 27.6 Å². The zero-order chi connectivity index (χ0) is 18.9. The lowest BCUT2D eigenvalue weighted by atomic mass is 10.1. The van der Waals surface area contributed by atoms with E-state index in [0.29, 0.717) is 0 Å². The highest BCUT2D eigenvalue weighted by atomic mass is 15.2. The first kappa shape index (κ1) is 16.6. The topological polar surface area (TPSA) is 19.0 Å². The molecule has 0 spiro atoms. The number of aromatic amines is 1. The predicted molar refractivity (Wildman–Crippen MR) is 120 cm³/mol. The molecule has 5 rings (SSSR count). The van der Waals surface area contributed by atoms with E-state index in [9.17, 15) is 0 Å². The Hall–Kier alpha value is -3.52. The predicted octanol–water partition coefficient (Wildman–Crippen LogP) is 6.95. The Balaban J connectivity index is 1.65. The normalized spacial score (nSPS) is 15.0. The summed E-state index contributed by atoms with van der Waals surface area (Å²) in [6.45, 7) is 2.93. The van der Waals surface area contributed by atoms with Crippen molar-refractivity contribution < 1.29 is 0 Å². The number of H-pyrrole nitrogens is 1. The maximum Gasteiger partial charge on any atom is 0.119 e. The highest BCUT2D eigenvalue weighted by molar-refractivity contribution is 6.04. The van der Waals surface area contributed by atoms with Gasteiger partial charge in [0.1, 0.15) is 5.82 Å². The molecule has 0 saturated heterocycles. The highest BCUT2D eigenvalue weighted by Gasteiger charge is 2.28. The molecule has 28 heavy (non-hydrogen) atoms. The fourth-order valence-corrected chi connectivity index (χ4v) is 4.04. The number of hydrogen-bond acceptors (Lipinski definition) is 1. The molecule has 1 aromatic heterocycles. The van der Waals surface area contributed by atoms with Crippen LogP contribution in [0.3, 0.4) is 0 Å². The van der Waals surface area contributed by atoms with Crippen LogP contribution in [0.2, 0.25) is 0 Å². The molecule has 0 atom stereocenters. The molecule has 2 heterocycles. The lowest BCUT2D eigenvalue weighted by Crippen LogP contribution is -2.13. The van der Waals surface area contributed by atoms with Gasteiger partial charge in [-0.1, -0.05) is 78.9 Å². The second-order valence-corrected chi connectivity index (χ2v) is 7.11. The summed E-state index contributed by atoms with van der Waals surface area (Å²) in [4.78, 5) is 6.04. The Morgan fingerprint density at radius 1 is 0.857 bits per heavy atom. The van der Waals surface area contributed by atoms with Gasteiger partial charge >= 0.3 is 0 Å². The molecule has 2 heteroatoms. The molecular formula is C26H22N2. The van der Waals surface area contributed by atoms with Crippen LogP contribution in [-0.2, 0) is 0 Å². The van der Waals surface area contributed by atoms with Gasteiger partial charge in [-0.05, 0) is 41.8 Å². The Kier molecular flexibility index (Phi) is 4.10. The molecule has 1 aliphatic rings. The van der Waals surface area contributed by atoms with E-state index in [1.165, 1.54) is 44.7 Å². The van der Waals surface area contributed by atoms with Gasteiger partial charge in [0.25, 0.3) is 0 Å². The first-order valence-electron chi connectivity index (χ1n) is 9.71. The van der Waals surface area contributed by atoms with Gasteiger partial charge in [0.05, 0.1) is 6.54 Å². The molecule has 3 aromatic carbocycles. The molecule has 2 nitrogen and oxygen atoms in total. The van der Waals surface area contributed by atoms with Crippen LogP contribution < -0.4 is 4.90 Å². The number of allylic oxidation sites excluding steroid dienone is 3. The summed E-state index contributed by atoms with van der Waals surface area (Å²) >= 11 is 0. The number of nitrogens with one attached hydrogen (secondary N) is 1. The quantitative estimate of drug-likeness (QED) is 0.418. The third kappa shape index (κ3) is 2.74. The van der Waals surface area contributed by atoms with E-state index in [1.807, 2.05) is 0 Å². The van der Waals surface area contributed by atoms with Crippen LogP contribution in [0.15, 0.2) is 97.1 Å². The van der Waals surface area contributed by atoms with E-state index in [4.69, 9.17) is 0 Å². The van der Waals surface area contributed by atoms with E-state index >= 15 is 0 Å². The number of benzene rings is 3. The van der Waals surface area contributed by atoms with Gasteiger partial charge < -0.3 is 9.88 Å². The molecule has 0 amide bonds. The second kappa shape index (κ2) is 6.90. The summed E-state index contributed by atoms with van der Waals surface area (Å²) in [5, 5.41) is 1.29. The minimum atomic E-state index is 0.870. The van der Waals surface area contributed by atoms with Crippen LogP contribution in [0, 0.1) is 0 Å². The van der Waals surface area contributed by atoms with Crippen molar-refractivity contribution in [2.24, 2.45) is 0 Å². The molecule has 0 fully saturated rings. The van der Waals surface area contributed by atoms with Gasteiger partial charge in [-0.3, -0.25) is 0 Å². The second-order valence-electron chi connectivity index (χ2n) is 7.11. The van der Waals surface area contributed by atoms with Crippen molar-refractivity contribution in [3.8, 4) is 11.1 Å². The summed E-state index contributed by atoms with van der Waals surface area (Å²) in [5.41, 5.74) is 7.53. The maximum absolute atomic E-state index is 3.65. The zero-order valence-electron chi connectivity index (χ0n) is 15.9. The number of rotatable bonds is 3. The van der Waals surface area contributed by atoms with E-state index in [1.54, 1.807) is 0 Å². The summed E-state index contributed by atoms with van der Waals surface area (Å²) in [5.74, 6) is 1.18. The van der Waals surface area contributed by atoms with Crippen molar-refractivity contribution in [3.63, 3.8) is 0 Å². The average Bonchev–Trinajstić information content (AvgIpc) is 3.30. The van der Waals surface area contributed by atoms with E-state index in [2.05, 4.69) is 114 Å². The first-order valence-corrected chi connectivity index (χ1v) is 9.71. The molecule has 0 bridgehead atoms. The van der Waals surface area contributed by atoms with Gasteiger partial charge in [-0.2, -0.15) is 0 Å². The first-order chi connectivity index (χ1) is 13.8. The van der Waals surface area contributed by atoms with Gasteiger partial charge in [0.2, 0.25) is 0 Å². The summed E-state index contributed by atoms with van der Waals surface area (Å²) in [6.07, 6.45) is 6.45. The van der Waals surface area contributed by atoms with E-state index in [-0.39, 0.29) is 0 Å². The number of aromatic nitrogens is 1. The standard InChI is InChI=1S/C26H22N2/c1-2-3-10-21-18-28(26-25(21)23-15-7-8-16-24(23)27-26)22-14-9-13-20(17-22)19-11-5-4-6-12-19/h2-17,27H,18H2,1H3/b3-2-,21-10+. The van der Waals surface area contributed by atoms with E-state index < -0.39 is 0 Å². The molecule has 0 saturated carbocycles. The van der Waals surface area contributed by atoms with Crippen LogP contribution in [0.5, 0.6) is 0 Å². The Labute approximate surface area is 165 Å². The van der Waals surface area contributed by atoms with Crippen LogP contribution in [0.4, 0.5) is 11.5 Å². The minimum absolute atomic E-state index is 0.870. The maximum atomic E-state index is 3.65. The summed E-state index contributed by atoms with van der Waals surface area (Å²) in [7, 11) is 0. The lowest BCUT2D eigenvalue weighted by Gasteiger charge is -2.19. The third-order valence-corrected chi connectivity index (χ3v) is 5.36. The van der Waals surface area contributed by atoms with Crippen LogP contribution in [-0.4, -0.2) is 11.5 Å². The molecule has 1 N–H and O–H groups in total. The molecule has 1 aliphatic heterocycles. The molecular weight excluding hydrogens is 340 g/mol. The number of nitrogens with zero attached hydrogens (tertiary/aromatic N) is 1. The number of anilines is 2. The molecule has 4 aromatic rings. The van der Waals surface area contributed by atoms with Gasteiger partial charge in [-0.25, -0.2) is 0 Å². The van der Waals surface area contributed by atoms with Crippen molar-refractivity contribution in [3.05, 3.63) is 103 Å². The number of fused-ring (bicyclic) bond motifs is 3. The van der Waals surface area contributed by atoms with Crippen molar-refractivity contribution >= 4 is 28.0 Å². The van der Waals surface area contributed by atoms with Crippen molar-refractivity contribution in [2.75, 3.05) is 11.4 Å². The van der Waals surface area contributed by atoms with Crippen molar-refractivity contribution in [1.82, 2.24) is 4.98 Å². The average molecular weight is 362 g/mol. The molecule has 136 valence electrons. The number of para-hydroxylation sites is 1.